The minimum atomic E-state index is 0.856. The largest absolute Gasteiger partial charge is 0.398 e. The molecule has 2 rings (SSSR count). The fourth-order valence-corrected chi connectivity index (χ4v) is 1.74. The number of likely N-dealkylation sites (N-methyl/N-ethyl adjacent to an activating group) is 1. The molecule has 0 spiro atoms. The first-order valence-electron chi connectivity index (χ1n) is 4.82. The molecule has 3 nitrogen and oxygen atoms in total. The van der Waals surface area contributed by atoms with Crippen LogP contribution in [-0.4, -0.2) is 18.6 Å². The second-order valence-corrected chi connectivity index (χ2v) is 3.44. The molecule has 14 heavy (non-hydrogen) atoms. The number of anilines is 1. The van der Waals surface area contributed by atoms with Gasteiger partial charge in [0.15, 0.2) is 0 Å². The molecule has 1 heterocycles. The van der Waals surface area contributed by atoms with Crippen molar-refractivity contribution in [3.63, 3.8) is 0 Å². The predicted octanol–water partition coefficient (Wildman–Crippen LogP) is 1.51. The number of nitrogens with two attached hydrogens (primary N) is 1. The molecule has 0 aliphatic rings. The summed E-state index contributed by atoms with van der Waals surface area (Å²) in [7, 11) is 1.96. The molecule has 0 unspecified atom stereocenters. The lowest BCUT2D eigenvalue weighted by Crippen LogP contribution is -2.10. The normalized spacial score (nSPS) is 10.9. The van der Waals surface area contributed by atoms with Gasteiger partial charge in [-0.15, -0.1) is 0 Å². The van der Waals surface area contributed by atoms with E-state index in [2.05, 4.69) is 16.4 Å². The molecule has 3 heteroatoms. The molecule has 0 radical (unpaired) electrons. The summed E-state index contributed by atoms with van der Waals surface area (Å²) in [6, 6.07) is 5.96. The van der Waals surface area contributed by atoms with Crippen LogP contribution >= 0.6 is 0 Å². The first kappa shape index (κ1) is 9.09. The minimum Gasteiger partial charge on any atom is -0.398 e. The molecule has 74 valence electrons. The molecule has 1 aromatic carbocycles. The number of rotatable bonds is 3. The first-order valence-corrected chi connectivity index (χ1v) is 4.82. The van der Waals surface area contributed by atoms with E-state index >= 15 is 0 Å². The third-order valence-electron chi connectivity index (χ3n) is 2.46. The van der Waals surface area contributed by atoms with E-state index < -0.39 is 0 Å². The van der Waals surface area contributed by atoms with E-state index in [0.717, 1.165) is 24.2 Å². The van der Waals surface area contributed by atoms with Gasteiger partial charge in [-0.25, -0.2) is 0 Å². The second kappa shape index (κ2) is 3.72. The Morgan fingerprint density at radius 3 is 3.07 bits per heavy atom. The van der Waals surface area contributed by atoms with Crippen LogP contribution in [0.5, 0.6) is 0 Å². The van der Waals surface area contributed by atoms with E-state index in [1.807, 2.05) is 25.4 Å². The lowest BCUT2D eigenvalue weighted by Gasteiger charge is -2.01. The molecule has 0 atom stereocenters. The SMILES string of the molecule is CNCCc1c[nH]c2cccc(N)c12. The van der Waals surface area contributed by atoms with Crippen LogP contribution < -0.4 is 11.1 Å². The zero-order valence-corrected chi connectivity index (χ0v) is 8.30. The summed E-state index contributed by atoms with van der Waals surface area (Å²) in [6.45, 7) is 0.973. The fourth-order valence-electron chi connectivity index (χ4n) is 1.74. The Morgan fingerprint density at radius 2 is 2.29 bits per heavy atom. The average Bonchev–Trinajstić information content (AvgIpc) is 2.59. The molecule has 0 fully saturated rings. The third-order valence-corrected chi connectivity index (χ3v) is 2.46. The summed E-state index contributed by atoms with van der Waals surface area (Å²) < 4.78 is 0. The topological polar surface area (TPSA) is 53.8 Å². The molecule has 1 aromatic heterocycles. The highest BCUT2D eigenvalue weighted by Gasteiger charge is 2.05. The molecule has 2 aromatic rings. The summed E-state index contributed by atoms with van der Waals surface area (Å²) in [5, 5.41) is 4.30. The van der Waals surface area contributed by atoms with Gasteiger partial charge in [0.25, 0.3) is 0 Å². The monoisotopic (exact) mass is 189 g/mol. The van der Waals surface area contributed by atoms with Gasteiger partial charge in [-0.05, 0) is 37.7 Å². The highest BCUT2D eigenvalue weighted by molar-refractivity contribution is 5.93. The highest BCUT2D eigenvalue weighted by atomic mass is 14.8. The quantitative estimate of drug-likeness (QED) is 0.641. The Balaban J connectivity index is 2.45. The van der Waals surface area contributed by atoms with Gasteiger partial charge in [0.1, 0.15) is 0 Å². The number of nitrogen functional groups attached to an aromatic ring is 1. The van der Waals surface area contributed by atoms with E-state index in [0.29, 0.717) is 0 Å². The third kappa shape index (κ3) is 1.46. The number of hydrogen-bond acceptors (Lipinski definition) is 2. The van der Waals surface area contributed by atoms with Crippen molar-refractivity contribution in [2.75, 3.05) is 19.3 Å². The molecule has 0 amide bonds. The molecule has 0 saturated carbocycles. The smallest absolute Gasteiger partial charge is 0.0477 e. The summed E-state index contributed by atoms with van der Waals surface area (Å²) >= 11 is 0. The minimum absolute atomic E-state index is 0.856. The Labute approximate surface area is 83.3 Å². The van der Waals surface area contributed by atoms with Crippen LogP contribution in [-0.2, 0) is 6.42 Å². The fraction of sp³-hybridized carbons (Fsp3) is 0.273. The predicted molar refractivity (Wildman–Crippen MR) is 60.3 cm³/mol. The van der Waals surface area contributed by atoms with Gasteiger partial charge in [-0.1, -0.05) is 6.07 Å². The van der Waals surface area contributed by atoms with E-state index in [4.69, 9.17) is 5.73 Å². The van der Waals surface area contributed by atoms with E-state index in [1.165, 1.54) is 10.9 Å². The van der Waals surface area contributed by atoms with Crippen molar-refractivity contribution < 1.29 is 0 Å². The molecule has 0 aliphatic carbocycles. The van der Waals surface area contributed by atoms with Crippen molar-refractivity contribution in [2.45, 2.75) is 6.42 Å². The molecule has 0 aliphatic heterocycles. The van der Waals surface area contributed by atoms with Crippen molar-refractivity contribution in [3.8, 4) is 0 Å². The molecule has 0 bridgehead atoms. The number of H-pyrrole nitrogens is 1. The van der Waals surface area contributed by atoms with Gasteiger partial charge < -0.3 is 16.0 Å². The van der Waals surface area contributed by atoms with Gasteiger partial charge in [-0.3, -0.25) is 0 Å². The van der Waals surface area contributed by atoms with Crippen molar-refractivity contribution in [1.29, 1.82) is 0 Å². The van der Waals surface area contributed by atoms with Crippen LogP contribution in [0.2, 0.25) is 0 Å². The molecule has 0 saturated heterocycles. The summed E-state index contributed by atoms with van der Waals surface area (Å²) in [6.07, 6.45) is 3.04. The maximum atomic E-state index is 5.93. The van der Waals surface area contributed by atoms with Crippen LogP contribution in [0.25, 0.3) is 10.9 Å². The van der Waals surface area contributed by atoms with Crippen LogP contribution in [0.3, 0.4) is 0 Å². The number of benzene rings is 1. The van der Waals surface area contributed by atoms with Crippen LogP contribution in [0.4, 0.5) is 5.69 Å². The molecule has 4 N–H and O–H groups in total. The molecular weight excluding hydrogens is 174 g/mol. The van der Waals surface area contributed by atoms with Crippen molar-refractivity contribution in [2.24, 2.45) is 0 Å². The van der Waals surface area contributed by atoms with Crippen molar-refractivity contribution >= 4 is 16.6 Å². The Morgan fingerprint density at radius 1 is 1.43 bits per heavy atom. The molecular formula is C11H15N3. The number of aromatic amines is 1. The van der Waals surface area contributed by atoms with E-state index in [-0.39, 0.29) is 0 Å². The average molecular weight is 189 g/mol. The van der Waals surface area contributed by atoms with Crippen LogP contribution in [0, 0.1) is 0 Å². The number of fused-ring (bicyclic) bond motifs is 1. The Bertz CT molecular complexity index is 431. The highest BCUT2D eigenvalue weighted by Crippen LogP contribution is 2.24. The lowest BCUT2D eigenvalue weighted by atomic mass is 10.1. The second-order valence-electron chi connectivity index (χ2n) is 3.44. The van der Waals surface area contributed by atoms with E-state index in [1.54, 1.807) is 0 Å². The van der Waals surface area contributed by atoms with Gasteiger partial charge in [-0.2, -0.15) is 0 Å². The van der Waals surface area contributed by atoms with Gasteiger partial charge in [0.2, 0.25) is 0 Å². The summed E-state index contributed by atoms with van der Waals surface area (Å²) in [5.41, 5.74) is 9.20. The van der Waals surface area contributed by atoms with Gasteiger partial charge in [0.05, 0.1) is 0 Å². The van der Waals surface area contributed by atoms with Gasteiger partial charge in [0, 0.05) is 22.8 Å². The first-order chi connectivity index (χ1) is 6.83. The lowest BCUT2D eigenvalue weighted by molar-refractivity contribution is 0.795. The zero-order chi connectivity index (χ0) is 9.97. The maximum Gasteiger partial charge on any atom is 0.0477 e. The van der Waals surface area contributed by atoms with E-state index in [9.17, 15) is 0 Å². The number of nitrogens with one attached hydrogen (secondary N) is 2. The standard InChI is InChI=1S/C11H15N3/c1-13-6-5-8-7-14-10-4-2-3-9(12)11(8)10/h2-4,7,13-14H,5-6,12H2,1H3. The Kier molecular flexibility index (Phi) is 2.41. The zero-order valence-electron chi connectivity index (χ0n) is 8.30. The van der Waals surface area contributed by atoms with Crippen LogP contribution in [0.1, 0.15) is 5.56 Å². The maximum absolute atomic E-state index is 5.93. The van der Waals surface area contributed by atoms with Crippen molar-refractivity contribution in [3.05, 3.63) is 30.0 Å². The van der Waals surface area contributed by atoms with Crippen LogP contribution in [0.15, 0.2) is 24.4 Å². The number of hydrogen-bond donors (Lipinski definition) is 3. The summed E-state index contributed by atoms with van der Waals surface area (Å²) in [5.74, 6) is 0. The van der Waals surface area contributed by atoms with Crippen molar-refractivity contribution in [1.82, 2.24) is 10.3 Å². The summed E-state index contributed by atoms with van der Waals surface area (Å²) in [4.78, 5) is 3.23. The Hall–Kier alpha value is -1.48. The number of aromatic nitrogens is 1. The van der Waals surface area contributed by atoms with Gasteiger partial charge >= 0.3 is 0 Å².